The highest BCUT2D eigenvalue weighted by Crippen LogP contribution is 2.19. The van der Waals surface area contributed by atoms with E-state index < -0.39 is 0 Å². The van der Waals surface area contributed by atoms with E-state index in [2.05, 4.69) is 19.2 Å². The van der Waals surface area contributed by atoms with Crippen molar-refractivity contribution in [3.8, 4) is 0 Å². The molecule has 1 fully saturated rings. The predicted molar refractivity (Wildman–Crippen MR) is 70.7 cm³/mol. The summed E-state index contributed by atoms with van der Waals surface area (Å²) < 4.78 is 0. The van der Waals surface area contributed by atoms with Crippen LogP contribution >= 0.6 is 0 Å². The van der Waals surface area contributed by atoms with Crippen molar-refractivity contribution in [1.29, 1.82) is 0 Å². The third kappa shape index (κ3) is 4.64. The van der Waals surface area contributed by atoms with Gasteiger partial charge in [0.15, 0.2) is 0 Å². The van der Waals surface area contributed by atoms with Gasteiger partial charge in [-0.2, -0.15) is 0 Å². The van der Waals surface area contributed by atoms with Crippen LogP contribution in [0.15, 0.2) is 0 Å². The molecule has 1 aliphatic carbocycles. The van der Waals surface area contributed by atoms with Crippen LogP contribution in [0.25, 0.3) is 0 Å². The highest BCUT2D eigenvalue weighted by molar-refractivity contribution is 5.81. The van der Waals surface area contributed by atoms with E-state index in [9.17, 15) is 4.79 Å². The molecule has 17 heavy (non-hydrogen) atoms. The molecule has 1 saturated carbocycles. The molecule has 0 aliphatic heterocycles. The molecule has 0 radical (unpaired) electrons. The van der Waals surface area contributed by atoms with Gasteiger partial charge < -0.3 is 16.0 Å². The number of amides is 1. The molecule has 3 atom stereocenters. The molecule has 0 spiro atoms. The number of carbonyl (C=O) groups excluding carboxylic acids is 1. The van der Waals surface area contributed by atoms with Gasteiger partial charge in [-0.25, -0.2) is 0 Å². The van der Waals surface area contributed by atoms with Gasteiger partial charge in [0.05, 0.1) is 6.04 Å². The molecule has 1 amide bonds. The highest BCUT2D eigenvalue weighted by atomic mass is 16.2. The van der Waals surface area contributed by atoms with E-state index in [4.69, 9.17) is 5.73 Å². The van der Waals surface area contributed by atoms with Gasteiger partial charge in [-0.3, -0.25) is 4.79 Å². The number of carbonyl (C=O) groups is 1. The van der Waals surface area contributed by atoms with Crippen molar-refractivity contribution in [2.75, 3.05) is 14.1 Å². The Bertz CT molecular complexity index is 253. The van der Waals surface area contributed by atoms with E-state index in [-0.39, 0.29) is 11.9 Å². The molecule has 1 rings (SSSR count). The molecule has 1 aliphatic rings. The van der Waals surface area contributed by atoms with Crippen LogP contribution in [-0.4, -0.2) is 43.0 Å². The smallest absolute Gasteiger partial charge is 0.239 e. The Morgan fingerprint density at radius 2 is 2.06 bits per heavy atom. The summed E-state index contributed by atoms with van der Waals surface area (Å²) >= 11 is 0. The van der Waals surface area contributed by atoms with E-state index in [1.807, 2.05) is 14.1 Å². The van der Waals surface area contributed by atoms with Gasteiger partial charge in [-0.15, -0.1) is 0 Å². The zero-order valence-corrected chi connectivity index (χ0v) is 11.6. The second-order valence-electron chi connectivity index (χ2n) is 5.85. The normalized spacial score (nSPS) is 26.2. The zero-order valence-electron chi connectivity index (χ0n) is 11.6. The van der Waals surface area contributed by atoms with Crippen molar-refractivity contribution in [3.05, 3.63) is 0 Å². The third-order valence-corrected chi connectivity index (χ3v) is 3.36. The Hall–Kier alpha value is -0.610. The monoisotopic (exact) mass is 241 g/mol. The second-order valence-corrected chi connectivity index (χ2v) is 5.85. The summed E-state index contributed by atoms with van der Waals surface area (Å²) in [6, 6.07) is 0.666. The maximum atomic E-state index is 12.1. The minimum Gasteiger partial charge on any atom is -0.347 e. The van der Waals surface area contributed by atoms with Gasteiger partial charge in [-0.1, -0.05) is 13.8 Å². The van der Waals surface area contributed by atoms with Crippen molar-refractivity contribution >= 4 is 5.91 Å². The van der Waals surface area contributed by atoms with Gasteiger partial charge in [-0.05, 0) is 31.6 Å². The van der Waals surface area contributed by atoms with Crippen LogP contribution in [0.4, 0.5) is 0 Å². The van der Waals surface area contributed by atoms with Gasteiger partial charge >= 0.3 is 0 Å². The summed E-state index contributed by atoms with van der Waals surface area (Å²) in [5.74, 6) is 0.700. The topological polar surface area (TPSA) is 58.4 Å². The predicted octanol–water partition coefficient (Wildman–Crippen LogP) is 0.959. The van der Waals surface area contributed by atoms with Crippen molar-refractivity contribution in [3.63, 3.8) is 0 Å². The first-order chi connectivity index (χ1) is 7.90. The summed E-state index contributed by atoms with van der Waals surface area (Å²) in [5, 5.41) is 3.49. The minimum absolute atomic E-state index is 0.0553. The minimum atomic E-state index is -0.0553. The Balaban J connectivity index is 2.54. The highest BCUT2D eigenvalue weighted by Gasteiger charge is 2.28. The van der Waals surface area contributed by atoms with Crippen LogP contribution in [0.1, 0.15) is 39.5 Å². The lowest BCUT2D eigenvalue weighted by molar-refractivity contribution is -0.131. The number of likely N-dealkylation sites (N-methyl/N-ethyl adjacent to an activating group) is 1. The van der Waals surface area contributed by atoms with E-state index >= 15 is 0 Å². The SMILES string of the molecule is CC(C)CC(NC1CCC(N)C1)C(=O)N(C)C. The fraction of sp³-hybridized carbons (Fsp3) is 0.923. The lowest BCUT2D eigenvalue weighted by Gasteiger charge is -2.26. The maximum Gasteiger partial charge on any atom is 0.239 e. The molecule has 0 bridgehead atoms. The molecule has 0 saturated heterocycles. The van der Waals surface area contributed by atoms with Crippen molar-refractivity contribution in [1.82, 2.24) is 10.2 Å². The van der Waals surface area contributed by atoms with Crippen LogP contribution in [0.2, 0.25) is 0 Å². The Morgan fingerprint density at radius 1 is 1.41 bits per heavy atom. The first kappa shape index (κ1) is 14.5. The van der Waals surface area contributed by atoms with E-state index in [1.54, 1.807) is 4.90 Å². The number of nitrogens with two attached hydrogens (primary N) is 1. The molecular weight excluding hydrogens is 214 g/mol. The number of hydrogen-bond donors (Lipinski definition) is 2. The van der Waals surface area contributed by atoms with Crippen molar-refractivity contribution in [2.24, 2.45) is 11.7 Å². The summed E-state index contributed by atoms with van der Waals surface area (Å²) in [6.07, 6.45) is 4.05. The largest absolute Gasteiger partial charge is 0.347 e. The van der Waals surface area contributed by atoms with Crippen LogP contribution < -0.4 is 11.1 Å². The molecular formula is C13H27N3O. The number of nitrogens with one attached hydrogen (secondary N) is 1. The first-order valence-electron chi connectivity index (χ1n) is 6.63. The lowest BCUT2D eigenvalue weighted by atomic mass is 10.0. The van der Waals surface area contributed by atoms with E-state index in [0.717, 1.165) is 25.7 Å². The third-order valence-electron chi connectivity index (χ3n) is 3.36. The van der Waals surface area contributed by atoms with Gasteiger partial charge in [0.2, 0.25) is 5.91 Å². The molecule has 3 N–H and O–H groups in total. The Morgan fingerprint density at radius 3 is 2.47 bits per heavy atom. The van der Waals surface area contributed by atoms with E-state index in [0.29, 0.717) is 18.0 Å². The quantitative estimate of drug-likeness (QED) is 0.754. The Labute approximate surface area is 105 Å². The molecule has 0 aromatic rings. The Kier molecular flexibility index (Phi) is 5.40. The molecule has 3 unspecified atom stereocenters. The summed E-state index contributed by atoms with van der Waals surface area (Å²) in [7, 11) is 3.63. The molecule has 0 heterocycles. The van der Waals surface area contributed by atoms with Crippen LogP contribution in [-0.2, 0) is 4.79 Å². The molecule has 4 nitrogen and oxygen atoms in total. The molecule has 100 valence electrons. The number of hydrogen-bond acceptors (Lipinski definition) is 3. The molecule has 4 heteroatoms. The summed E-state index contributed by atoms with van der Waals surface area (Å²) in [4.78, 5) is 13.8. The van der Waals surface area contributed by atoms with Gasteiger partial charge in [0, 0.05) is 26.2 Å². The molecule has 0 aromatic heterocycles. The maximum absolute atomic E-state index is 12.1. The summed E-state index contributed by atoms with van der Waals surface area (Å²) in [5.41, 5.74) is 5.90. The fourth-order valence-electron chi connectivity index (χ4n) is 2.48. The van der Waals surface area contributed by atoms with Crippen molar-refractivity contribution < 1.29 is 4.79 Å². The number of rotatable bonds is 5. The fourth-order valence-corrected chi connectivity index (χ4v) is 2.48. The van der Waals surface area contributed by atoms with Crippen LogP contribution in [0, 0.1) is 5.92 Å². The average molecular weight is 241 g/mol. The van der Waals surface area contributed by atoms with Crippen LogP contribution in [0.5, 0.6) is 0 Å². The first-order valence-corrected chi connectivity index (χ1v) is 6.63. The standard InChI is InChI=1S/C13H27N3O/c1-9(2)7-12(13(17)16(3)4)15-11-6-5-10(14)8-11/h9-12,15H,5-8,14H2,1-4H3. The second kappa shape index (κ2) is 6.36. The van der Waals surface area contributed by atoms with E-state index in [1.165, 1.54) is 0 Å². The zero-order chi connectivity index (χ0) is 13.0. The van der Waals surface area contributed by atoms with Gasteiger partial charge in [0.1, 0.15) is 0 Å². The lowest BCUT2D eigenvalue weighted by Crippen LogP contribution is -2.48. The number of nitrogens with zero attached hydrogens (tertiary/aromatic N) is 1. The molecule has 0 aromatic carbocycles. The van der Waals surface area contributed by atoms with Crippen molar-refractivity contribution in [2.45, 2.75) is 57.7 Å². The average Bonchev–Trinajstić information content (AvgIpc) is 2.61. The van der Waals surface area contributed by atoms with Gasteiger partial charge in [0.25, 0.3) is 0 Å². The van der Waals surface area contributed by atoms with Crippen LogP contribution in [0.3, 0.4) is 0 Å². The summed E-state index contributed by atoms with van der Waals surface area (Å²) in [6.45, 7) is 4.30.